The molecule has 2 heterocycles. The molecule has 0 saturated carbocycles. The summed E-state index contributed by atoms with van der Waals surface area (Å²) in [7, 11) is 0. The maximum Gasteiger partial charge on any atom is 0.445 e. The summed E-state index contributed by atoms with van der Waals surface area (Å²) in [5.41, 5.74) is 1.12. The SMILES string of the molecule is CC(C)NC(=O)/C=C/c1c(-c2ccccc2Cl)nc2sc(C(F)(F)F)nn12. The van der Waals surface area contributed by atoms with Crippen LogP contribution in [-0.2, 0) is 11.0 Å². The molecule has 0 aliphatic rings. The monoisotopic (exact) mass is 414 g/mol. The predicted molar refractivity (Wildman–Crippen MR) is 98.6 cm³/mol. The molecule has 0 saturated heterocycles. The average molecular weight is 415 g/mol. The maximum atomic E-state index is 13.0. The van der Waals surface area contributed by atoms with E-state index < -0.39 is 11.2 Å². The van der Waals surface area contributed by atoms with Crippen LogP contribution < -0.4 is 5.32 Å². The van der Waals surface area contributed by atoms with E-state index in [4.69, 9.17) is 11.6 Å². The van der Waals surface area contributed by atoms with E-state index in [1.165, 1.54) is 12.2 Å². The number of benzene rings is 1. The van der Waals surface area contributed by atoms with Crippen LogP contribution in [0.1, 0.15) is 24.5 Å². The number of fused-ring (bicyclic) bond motifs is 1. The van der Waals surface area contributed by atoms with Crippen molar-refractivity contribution in [3.8, 4) is 11.3 Å². The number of amides is 1. The Hall–Kier alpha value is -2.39. The van der Waals surface area contributed by atoms with Crippen molar-refractivity contribution in [1.82, 2.24) is 19.9 Å². The van der Waals surface area contributed by atoms with Gasteiger partial charge in [-0.05, 0) is 26.0 Å². The molecule has 27 heavy (non-hydrogen) atoms. The van der Waals surface area contributed by atoms with Gasteiger partial charge in [0, 0.05) is 17.7 Å². The number of aromatic nitrogens is 3. The summed E-state index contributed by atoms with van der Waals surface area (Å²) >= 11 is 6.63. The highest BCUT2D eigenvalue weighted by molar-refractivity contribution is 7.16. The molecular weight excluding hydrogens is 401 g/mol. The number of imidazole rings is 1. The number of carbonyl (C=O) groups excluding carboxylic acids is 1. The second kappa shape index (κ2) is 7.32. The van der Waals surface area contributed by atoms with Crippen LogP contribution in [0.3, 0.4) is 0 Å². The van der Waals surface area contributed by atoms with Gasteiger partial charge in [0.15, 0.2) is 0 Å². The van der Waals surface area contributed by atoms with Gasteiger partial charge < -0.3 is 5.32 Å². The van der Waals surface area contributed by atoms with Gasteiger partial charge in [-0.2, -0.15) is 13.2 Å². The van der Waals surface area contributed by atoms with E-state index in [9.17, 15) is 18.0 Å². The van der Waals surface area contributed by atoms with E-state index in [0.717, 1.165) is 4.52 Å². The molecule has 10 heteroatoms. The van der Waals surface area contributed by atoms with Crippen molar-refractivity contribution in [2.24, 2.45) is 0 Å². The molecule has 3 aromatic rings. The van der Waals surface area contributed by atoms with Crippen LogP contribution in [0.25, 0.3) is 22.3 Å². The molecule has 0 atom stereocenters. The molecule has 5 nitrogen and oxygen atoms in total. The van der Waals surface area contributed by atoms with Crippen molar-refractivity contribution >= 4 is 39.9 Å². The highest BCUT2D eigenvalue weighted by atomic mass is 35.5. The molecule has 0 aliphatic carbocycles. The minimum Gasteiger partial charge on any atom is -0.350 e. The topological polar surface area (TPSA) is 59.3 Å². The molecule has 0 bridgehead atoms. The van der Waals surface area contributed by atoms with E-state index in [1.807, 2.05) is 0 Å². The first kappa shape index (κ1) is 19.4. The van der Waals surface area contributed by atoms with Gasteiger partial charge in [0.2, 0.25) is 15.9 Å². The fourth-order valence-corrected chi connectivity index (χ4v) is 3.37. The zero-order valence-electron chi connectivity index (χ0n) is 14.2. The van der Waals surface area contributed by atoms with Crippen molar-refractivity contribution in [2.45, 2.75) is 26.1 Å². The number of nitrogens with zero attached hydrogens (tertiary/aromatic N) is 3. The van der Waals surface area contributed by atoms with Gasteiger partial charge in [-0.3, -0.25) is 4.79 Å². The van der Waals surface area contributed by atoms with Gasteiger partial charge in [-0.25, -0.2) is 9.50 Å². The van der Waals surface area contributed by atoms with E-state index in [1.54, 1.807) is 38.1 Å². The number of carbonyl (C=O) groups is 1. The molecular formula is C17H14ClF3N4OS. The lowest BCUT2D eigenvalue weighted by atomic mass is 10.1. The molecule has 2 aromatic heterocycles. The number of nitrogens with one attached hydrogen (secondary N) is 1. The lowest BCUT2D eigenvalue weighted by molar-refractivity contribution is -0.138. The smallest absolute Gasteiger partial charge is 0.350 e. The van der Waals surface area contributed by atoms with Crippen LogP contribution in [0, 0.1) is 0 Å². The summed E-state index contributed by atoms with van der Waals surface area (Å²) in [4.78, 5) is 16.2. The minimum absolute atomic E-state index is 0.0566. The summed E-state index contributed by atoms with van der Waals surface area (Å²) < 4.78 is 40.0. The number of hydrogen-bond donors (Lipinski definition) is 1. The first-order valence-electron chi connectivity index (χ1n) is 7.87. The van der Waals surface area contributed by atoms with Crippen molar-refractivity contribution < 1.29 is 18.0 Å². The Labute approximate surface area is 161 Å². The van der Waals surface area contributed by atoms with Crippen LogP contribution in [0.4, 0.5) is 13.2 Å². The van der Waals surface area contributed by atoms with Crippen LogP contribution in [0.5, 0.6) is 0 Å². The first-order chi connectivity index (χ1) is 12.7. The maximum absolute atomic E-state index is 13.0. The molecule has 1 amide bonds. The molecule has 3 rings (SSSR count). The quantitative estimate of drug-likeness (QED) is 0.631. The van der Waals surface area contributed by atoms with E-state index >= 15 is 0 Å². The number of hydrogen-bond acceptors (Lipinski definition) is 4. The third kappa shape index (κ3) is 4.14. The first-order valence-corrected chi connectivity index (χ1v) is 9.06. The molecule has 1 aromatic carbocycles. The summed E-state index contributed by atoms with van der Waals surface area (Å²) in [5.74, 6) is -0.378. The summed E-state index contributed by atoms with van der Waals surface area (Å²) in [6.45, 7) is 3.60. The lowest BCUT2D eigenvalue weighted by Gasteiger charge is -2.05. The van der Waals surface area contributed by atoms with E-state index in [0.29, 0.717) is 27.6 Å². The third-order valence-electron chi connectivity index (χ3n) is 3.43. The van der Waals surface area contributed by atoms with Gasteiger partial charge in [0.1, 0.15) is 5.69 Å². The van der Waals surface area contributed by atoms with Gasteiger partial charge in [-0.15, -0.1) is 5.10 Å². The Morgan fingerprint density at radius 3 is 2.67 bits per heavy atom. The van der Waals surface area contributed by atoms with E-state index in [2.05, 4.69) is 15.4 Å². The lowest BCUT2D eigenvalue weighted by Crippen LogP contribution is -2.28. The number of rotatable bonds is 4. The molecule has 0 spiro atoms. The van der Waals surface area contributed by atoms with Gasteiger partial charge in [0.25, 0.3) is 0 Å². The Kier molecular flexibility index (Phi) is 5.25. The second-order valence-electron chi connectivity index (χ2n) is 5.92. The van der Waals surface area contributed by atoms with Crippen LogP contribution >= 0.6 is 22.9 Å². The highest BCUT2D eigenvalue weighted by Crippen LogP contribution is 2.36. The largest absolute Gasteiger partial charge is 0.445 e. The van der Waals surface area contributed by atoms with Gasteiger partial charge in [0.05, 0.1) is 10.7 Å². The fraction of sp³-hybridized carbons (Fsp3) is 0.235. The Bertz CT molecular complexity index is 1020. The van der Waals surface area contributed by atoms with Crippen molar-refractivity contribution in [3.05, 3.63) is 46.1 Å². The minimum atomic E-state index is -4.58. The molecule has 0 unspecified atom stereocenters. The van der Waals surface area contributed by atoms with Gasteiger partial charge >= 0.3 is 6.18 Å². The highest BCUT2D eigenvalue weighted by Gasteiger charge is 2.36. The van der Waals surface area contributed by atoms with Crippen LogP contribution in [-0.4, -0.2) is 26.5 Å². The summed E-state index contributed by atoms with van der Waals surface area (Å²) in [6.07, 6.45) is -1.96. The zero-order valence-corrected chi connectivity index (χ0v) is 15.8. The molecule has 0 aliphatic heterocycles. The third-order valence-corrected chi connectivity index (χ3v) is 4.72. The Morgan fingerprint density at radius 1 is 1.33 bits per heavy atom. The second-order valence-corrected chi connectivity index (χ2v) is 7.28. The Morgan fingerprint density at radius 2 is 2.04 bits per heavy atom. The van der Waals surface area contributed by atoms with E-state index in [-0.39, 0.29) is 22.6 Å². The standard InChI is InChI=1S/C17H14ClF3N4OS/c1-9(2)22-13(26)8-7-12-14(10-5-3-4-6-11(10)18)23-16-25(12)24-15(27-16)17(19,20)21/h3-9H,1-2H3,(H,22,26)/b8-7+. The van der Waals surface area contributed by atoms with Crippen molar-refractivity contribution in [1.29, 1.82) is 0 Å². The average Bonchev–Trinajstić information content (AvgIpc) is 3.10. The Balaban J connectivity index is 2.15. The van der Waals surface area contributed by atoms with Crippen LogP contribution in [0.2, 0.25) is 5.02 Å². The molecule has 142 valence electrons. The zero-order chi connectivity index (χ0) is 19.8. The molecule has 1 N–H and O–H groups in total. The van der Waals surface area contributed by atoms with Crippen molar-refractivity contribution in [2.75, 3.05) is 0 Å². The fourth-order valence-electron chi connectivity index (χ4n) is 2.37. The predicted octanol–water partition coefficient (Wildman–Crippen LogP) is 4.67. The number of alkyl halides is 3. The van der Waals surface area contributed by atoms with Crippen LogP contribution in [0.15, 0.2) is 30.3 Å². The molecule has 0 radical (unpaired) electrons. The normalized spacial score (nSPS) is 12.4. The summed E-state index contributed by atoms with van der Waals surface area (Å²) in [5, 5.41) is 5.67. The van der Waals surface area contributed by atoms with Gasteiger partial charge in [-0.1, -0.05) is 41.1 Å². The summed E-state index contributed by atoms with van der Waals surface area (Å²) in [6, 6.07) is 6.74. The molecule has 0 fully saturated rings. The van der Waals surface area contributed by atoms with Crippen molar-refractivity contribution in [3.63, 3.8) is 0 Å². The number of halogens is 4.